The third-order valence-electron chi connectivity index (χ3n) is 7.64. The number of ether oxygens (including phenoxy) is 1. The molecule has 0 saturated carbocycles. The number of carbonyl (C=O) groups excluding carboxylic acids is 3. The number of benzene rings is 1. The minimum atomic E-state index is -0.917. The molecule has 0 radical (unpaired) electrons. The first-order chi connectivity index (χ1) is 16.9. The largest absolute Gasteiger partial charge is 0.388 e. The molecular weight excluding hydrogens is 460 g/mol. The smallest absolute Gasteiger partial charge is 0.249 e. The monoisotopic (exact) mass is 500 g/mol. The van der Waals surface area contributed by atoms with Crippen molar-refractivity contribution in [2.75, 3.05) is 44.2 Å². The van der Waals surface area contributed by atoms with Crippen LogP contribution in [0, 0.1) is 5.41 Å². The fraction of sp³-hybridized carbons (Fsp3) is 0.667. The number of rotatable bonds is 6. The average Bonchev–Trinajstić information content (AvgIpc) is 3.36. The zero-order chi connectivity index (χ0) is 26.4. The van der Waals surface area contributed by atoms with Gasteiger partial charge in [0.15, 0.2) is 5.78 Å². The molecule has 4 atom stereocenters. The molecule has 1 aromatic rings. The van der Waals surface area contributed by atoms with Gasteiger partial charge >= 0.3 is 0 Å². The van der Waals surface area contributed by atoms with Crippen molar-refractivity contribution in [2.24, 2.45) is 11.1 Å². The van der Waals surface area contributed by atoms with Crippen molar-refractivity contribution in [3.63, 3.8) is 0 Å². The van der Waals surface area contributed by atoms with Crippen molar-refractivity contribution in [3.8, 4) is 0 Å². The molecule has 0 unspecified atom stereocenters. The topological polar surface area (TPSA) is 116 Å². The van der Waals surface area contributed by atoms with E-state index in [9.17, 15) is 19.5 Å². The number of nitrogens with two attached hydrogens (primary N) is 1. The van der Waals surface area contributed by atoms with E-state index in [0.29, 0.717) is 23.6 Å². The fourth-order valence-corrected chi connectivity index (χ4v) is 5.76. The zero-order valence-electron chi connectivity index (χ0n) is 22.1. The van der Waals surface area contributed by atoms with Crippen molar-refractivity contribution in [3.05, 3.63) is 29.3 Å². The van der Waals surface area contributed by atoms with Crippen molar-refractivity contribution >= 4 is 23.3 Å². The van der Waals surface area contributed by atoms with Crippen LogP contribution in [0.5, 0.6) is 0 Å². The first kappa shape index (κ1) is 26.6. The first-order valence-corrected chi connectivity index (χ1v) is 12.9. The van der Waals surface area contributed by atoms with E-state index in [0.717, 1.165) is 31.9 Å². The standard InChI is InChI=1S/C27H40N4O5/c1-16(2)29-8-10-30(11-9-29)17-6-7-18(25(28)34)19(12-17)20(13-27(3,4)5)26(35)31-14-21(32)24-23(31)22(33)15-36-24/h6-7,12,16,20-21,23-24,32H,8-11,13-15H2,1-5H3,(H2,28,34)/t20-,21+,23+,24+/m0/s1. The SMILES string of the molecule is CC(C)N1CCN(c2ccc(C(N)=O)c([C@H](CC(C)(C)C)C(=O)N3C[C@@H](O)[C@H]4OCC(=O)[C@H]43)c2)CC1. The number of β-amino-alcohol motifs (C(OH)–C–C–N with tert-alkyl or cyclic N) is 1. The molecule has 3 N–H and O–H groups in total. The van der Waals surface area contributed by atoms with Gasteiger partial charge in [0.05, 0.1) is 12.5 Å². The second kappa shape index (κ2) is 10.1. The molecule has 3 heterocycles. The average molecular weight is 501 g/mol. The maximum atomic E-state index is 14.1. The van der Waals surface area contributed by atoms with E-state index in [1.165, 1.54) is 4.90 Å². The number of hydrogen-bond acceptors (Lipinski definition) is 7. The van der Waals surface area contributed by atoms with E-state index < -0.39 is 30.1 Å². The Balaban J connectivity index is 1.70. The Kier molecular flexibility index (Phi) is 7.46. The Labute approximate surface area is 213 Å². The van der Waals surface area contributed by atoms with Gasteiger partial charge < -0.3 is 25.4 Å². The summed E-state index contributed by atoms with van der Waals surface area (Å²) in [6.07, 6.45) is -1.16. The van der Waals surface area contributed by atoms with Crippen molar-refractivity contribution in [2.45, 2.75) is 71.2 Å². The highest BCUT2D eigenvalue weighted by Crippen LogP contribution is 2.39. The summed E-state index contributed by atoms with van der Waals surface area (Å²) < 4.78 is 5.48. The highest BCUT2D eigenvalue weighted by atomic mass is 16.5. The Morgan fingerprint density at radius 2 is 1.83 bits per heavy atom. The Hall–Kier alpha value is -2.49. The number of amides is 2. The Morgan fingerprint density at radius 1 is 1.17 bits per heavy atom. The van der Waals surface area contributed by atoms with Crippen molar-refractivity contribution in [1.82, 2.24) is 9.80 Å². The third-order valence-corrected chi connectivity index (χ3v) is 7.64. The summed E-state index contributed by atoms with van der Waals surface area (Å²) in [7, 11) is 0. The number of anilines is 1. The maximum absolute atomic E-state index is 14.1. The number of aliphatic hydroxyl groups excluding tert-OH is 1. The molecular formula is C27H40N4O5. The van der Waals surface area contributed by atoms with Crippen molar-refractivity contribution < 1.29 is 24.2 Å². The van der Waals surface area contributed by atoms with E-state index in [1.807, 2.05) is 32.9 Å². The van der Waals surface area contributed by atoms with Crippen LogP contribution in [-0.2, 0) is 14.3 Å². The lowest BCUT2D eigenvalue weighted by molar-refractivity contribution is -0.138. The molecule has 9 heteroatoms. The highest BCUT2D eigenvalue weighted by molar-refractivity contribution is 5.99. The maximum Gasteiger partial charge on any atom is 0.249 e. The number of nitrogens with zero attached hydrogens (tertiary/aromatic N) is 3. The summed E-state index contributed by atoms with van der Waals surface area (Å²) in [4.78, 5) is 45.3. The molecule has 3 aliphatic heterocycles. The molecule has 1 aromatic carbocycles. The number of primary amides is 1. The third kappa shape index (κ3) is 5.28. The number of likely N-dealkylation sites (tertiary alicyclic amines) is 1. The van der Waals surface area contributed by atoms with Crippen LogP contribution in [0.1, 0.15) is 62.9 Å². The van der Waals surface area contributed by atoms with E-state index in [2.05, 4.69) is 23.6 Å². The molecule has 2 amide bonds. The van der Waals surface area contributed by atoms with Crippen LogP contribution in [0.3, 0.4) is 0 Å². The van der Waals surface area contributed by atoms with E-state index >= 15 is 0 Å². The second-order valence-corrected chi connectivity index (χ2v) is 11.8. The summed E-state index contributed by atoms with van der Waals surface area (Å²) in [6, 6.07) is 5.24. The van der Waals surface area contributed by atoms with Gasteiger partial charge in [0.2, 0.25) is 11.8 Å². The first-order valence-electron chi connectivity index (χ1n) is 12.9. The molecule has 36 heavy (non-hydrogen) atoms. The molecule has 4 rings (SSSR count). The number of Topliss-reactive ketones (excluding diaryl/α,β-unsaturated/α-hetero) is 1. The Bertz CT molecular complexity index is 1010. The Morgan fingerprint density at radius 3 is 2.42 bits per heavy atom. The number of piperazine rings is 1. The predicted octanol–water partition coefficient (Wildman–Crippen LogP) is 1.38. The van der Waals surface area contributed by atoms with Gasteiger partial charge in [-0.3, -0.25) is 19.3 Å². The van der Waals surface area contributed by atoms with Crippen molar-refractivity contribution in [1.29, 1.82) is 0 Å². The fourth-order valence-electron chi connectivity index (χ4n) is 5.76. The number of ketones is 1. The minimum absolute atomic E-state index is 0.0311. The summed E-state index contributed by atoms with van der Waals surface area (Å²) in [5, 5.41) is 10.5. The van der Waals surface area contributed by atoms with Gasteiger partial charge in [-0.25, -0.2) is 0 Å². The van der Waals surface area contributed by atoms with Gasteiger partial charge in [0.25, 0.3) is 0 Å². The normalized spacial score (nSPS) is 26.0. The van der Waals surface area contributed by atoms with E-state index in [-0.39, 0.29) is 30.3 Å². The molecule has 3 fully saturated rings. The van der Waals surface area contributed by atoms with Gasteiger partial charge in [-0.05, 0) is 49.4 Å². The van der Waals surface area contributed by atoms with Crippen LogP contribution in [0.15, 0.2) is 18.2 Å². The molecule has 9 nitrogen and oxygen atoms in total. The quantitative estimate of drug-likeness (QED) is 0.606. The molecule has 0 spiro atoms. The predicted molar refractivity (Wildman–Crippen MR) is 137 cm³/mol. The van der Waals surface area contributed by atoms with E-state index in [4.69, 9.17) is 10.5 Å². The van der Waals surface area contributed by atoms with Crippen LogP contribution in [0.2, 0.25) is 0 Å². The molecule has 198 valence electrons. The van der Waals surface area contributed by atoms with Crippen LogP contribution < -0.4 is 10.6 Å². The van der Waals surface area contributed by atoms with Crippen LogP contribution in [0.4, 0.5) is 5.69 Å². The summed E-state index contributed by atoms with van der Waals surface area (Å²) in [6.45, 7) is 14.0. The van der Waals surface area contributed by atoms with Gasteiger partial charge in [0, 0.05) is 43.5 Å². The van der Waals surface area contributed by atoms with Gasteiger partial charge in [-0.2, -0.15) is 0 Å². The lowest BCUT2D eigenvalue weighted by atomic mass is 9.79. The van der Waals surface area contributed by atoms with Gasteiger partial charge in [-0.1, -0.05) is 20.8 Å². The van der Waals surface area contributed by atoms with Gasteiger partial charge in [0.1, 0.15) is 24.9 Å². The van der Waals surface area contributed by atoms with Crippen LogP contribution in [-0.4, -0.2) is 96.1 Å². The summed E-state index contributed by atoms with van der Waals surface area (Å²) in [5.41, 5.74) is 7.37. The number of carbonyl (C=O) groups is 3. The number of fused-ring (bicyclic) bond motifs is 1. The summed E-state index contributed by atoms with van der Waals surface area (Å²) in [5.74, 6) is -1.76. The highest BCUT2D eigenvalue weighted by Gasteiger charge is 2.53. The minimum Gasteiger partial charge on any atom is -0.388 e. The van der Waals surface area contributed by atoms with Gasteiger partial charge in [-0.15, -0.1) is 0 Å². The lowest BCUT2D eigenvalue weighted by Gasteiger charge is -2.38. The lowest BCUT2D eigenvalue weighted by Crippen LogP contribution is -2.49. The zero-order valence-corrected chi connectivity index (χ0v) is 22.1. The summed E-state index contributed by atoms with van der Waals surface area (Å²) >= 11 is 0. The number of hydrogen-bond donors (Lipinski definition) is 2. The molecule has 0 aromatic heterocycles. The van der Waals surface area contributed by atoms with Crippen LogP contribution in [0.25, 0.3) is 0 Å². The van der Waals surface area contributed by atoms with E-state index in [1.54, 1.807) is 6.07 Å². The molecule has 3 aliphatic rings. The molecule has 0 aliphatic carbocycles. The van der Waals surface area contributed by atoms with Crippen LogP contribution >= 0.6 is 0 Å². The molecule has 3 saturated heterocycles. The molecule has 0 bridgehead atoms. The second-order valence-electron chi connectivity index (χ2n) is 11.8. The number of aliphatic hydroxyl groups is 1.